The van der Waals surface area contributed by atoms with E-state index in [2.05, 4.69) is 24.9 Å². The molecule has 0 aliphatic heterocycles. The van der Waals surface area contributed by atoms with E-state index in [-0.39, 0.29) is 0 Å². The molecule has 48 heavy (non-hydrogen) atoms. The van der Waals surface area contributed by atoms with Gasteiger partial charge in [-0.2, -0.15) is 0 Å². The first kappa shape index (κ1) is 28.6. The molecule has 8 rings (SSSR count). The Morgan fingerprint density at radius 1 is 0.271 bits per heavy atom. The molecule has 9 heteroatoms. The van der Waals surface area contributed by atoms with Crippen LogP contribution in [-0.4, -0.2) is 44.9 Å². The molecule has 0 aliphatic rings. The van der Waals surface area contributed by atoms with Crippen molar-refractivity contribution < 1.29 is 0 Å². The Balaban J connectivity index is 1.11. The second-order valence-corrected chi connectivity index (χ2v) is 10.8. The van der Waals surface area contributed by atoms with Gasteiger partial charge in [-0.25, -0.2) is 29.9 Å². The normalized spacial score (nSPS) is 10.9. The molecule has 8 aromatic rings. The van der Waals surface area contributed by atoms with E-state index in [1.54, 1.807) is 31.0 Å². The zero-order valence-electron chi connectivity index (χ0n) is 25.5. The maximum absolute atomic E-state index is 4.85. The summed E-state index contributed by atoms with van der Waals surface area (Å²) in [6.07, 6.45) is 8.84. The van der Waals surface area contributed by atoms with Crippen molar-refractivity contribution in [1.82, 2.24) is 44.9 Å². The van der Waals surface area contributed by atoms with Crippen LogP contribution in [0.1, 0.15) is 0 Å². The fourth-order valence-electron chi connectivity index (χ4n) is 5.19. The van der Waals surface area contributed by atoms with Crippen molar-refractivity contribution >= 4 is 0 Å². The molecule has 226 valence electrons. The van der Waals surface area contributed by atoms with Crippen LogP contribution in [0.5, 0.6) is 0 Å². The largest absolute Gasteiger partial charge is 0.255 e. The molecule has 0 spiro atoms. The van der Waals surface area contributed by atoms with Crippen molar-refractivity contribution in [3.05, 3.63) is 152 Å². The monoisotopic (exact) mass is 619 g/mol. The first-order chi connectivity index (χ1) is 23.8. The predicted molar refractivity (Wildman–Crippen MR) is 185 cm³/mol. The number of hydrogen-bond donors (Lipinski definition) is 0. The summed E-state index contributed by atoms with van der Waals surface area (Å²) in [6, 6.07) is 39.1. The maximum Gasteiger partial charge on any atom is 0.178 e. The van der Waals surface area contributed by atoms with Crippen molar-refractivity contribution in [2.75, 3.05) is 0 Å². The Labute approximate surface area is 276 Å². The first-order valence-electron chi connectivity index (χ1n) is 15.3. The topological polar surface area (TPSA) is 116 Å². The van der Waals surface area contributed by atoms with E-state index in [4.69, 9.17) is 19.9 Å². The van der Waals surface area contributed by atoms with Gasteiger partial charge in [0.25, 0.3) is 0 Å². The Morgan fingerprint density at radius 3 is 1.25 bits per heavy atom. The van der Waals surface area contributed by atoms with Crippen LogP contribution in [0.25, 0.3) is 79.6 Å². The van der Waals surface area contributed by atoms with E-state index in [1.807, 2.05) is 121 Å². The van der Waals surface area contributed by atoms with Crippen LogP contribution in [0, 0.1) is 0 Å². The predicted octanol–water partition coefficient (Wildman–Crippen LogP) is 7.91. The summed E-state index contributed by atoms with van der Waals surface area (Å²) in [5, 5.41) is 0. The Morgan fingerprint density at radius 2 is 0.771 bits per heavy atom. The molecular weight excluding hydrogens is 594 g/mol. The third-order valence-electron chi connectivity index (χ3n) is 7.62. The quantitative estimate of drug-likeness (QED) is 0.175. The molecule has 0 atom stereocenters. The molecule has 0 N–H and O–H groups in total. The smallest absolute Gasteiger partial charge is 0.178 e. The average Bonchev–Trinajstić information content (AvgIpc) is 3.19. The van der Waals surface area contributed by atoms with Crippen LogP contribution < -0.4 is 0 Å². The van der Waals surface area contributed by atoms with Gasteiger partial charge in [-0.05, 0) is 54.1 Å². The van der Waals surface area contributed by atoms with Gasteiger partial charge in [0.15, 0.2) is 23.3 Å². The minimum Gasteiger partial charge on any atom is -0.255 e. The van der Waals surface area contributed by atoms with Crippen LogP contribution in [0.4, 0.5) is 0 Å². The van der Waals surface area contributed by atoms with E-state index in [0.717, 1.165) is 50.6 Å². The molecule has 6 aromatic heterocycles. The van der Waals surface area contributed by atoms with E-state index < -0.39 is 0 Å². The summed E-state index contributed by atoms with van der Waals surface area (Å²) in [7, 11) is 0. The van der Waals surface area contributed by atoms with Gasteiger partial charge in [0.1, 0.15) is 5.69 Å². The molecule has 0 amide bonds. The summed E-state index contributed by atoms with van der Waals surface area (Å²) in [4.78, 5) is 42.3. The molecule has 0 saturated carbocycles. The second kappa shape index (κ2) is 12.9. The molecule has 0 fully saturated rings. The molecule has 9 nitrogen and oxygen atoms in total. The van der Waals surface area contributed by atoms with Crippen LogP contribution in [0.3, 0.4) is 0 Å². The van der Waals surface area contributed by atoms with Crippen molar-refractivity contribution in [3.63, 3.8) is 0 Å². The highest BCUT2D eigenvalue weighted by molar-refractivity contribution is 5.74. The van der Waals surface area contributed by atoms with Crippen molar-refractivity contribution in [3.8, 4) is 79.6 Å². The number of nitrogens with zero attached hydrogens (tertiary/aromatic N) is 9. The van der Waals surface area contributed by atoms with Gasteiger partial charge >= 0.3 is 0 Å². The van der Waals surface area contributed by atoms with E-state index in [0.29, 0.717) is 29.0 Å². The molecule has 0 unspecified atom stereocenters. The fraction of sp³-hybridized carbons (Fsp3) is 0. The van der Waals surface area contributed by atoms with Gasteiger partial charge in [0.2, 0.25) is 0 Å². The van der Waals surface area contributed by atoms with Crippen LogP contribution in [0.15, 0.2) is 152 Å². The third-order valence-corrected chi connectivity index (χ3v) is 7.62. The Bertz CT molecular complexity index is 2020. The minimum absolute atomic E-state index is 0.500. The number of aromatic nitrogens is 9. The zero-order valence-corrected chi connectivity index (χ0v) is 25.5. The highest BCUT2D eigenvalue weighted by Crippen LogP contribution is 2.29. The molecule has 2 aromatic carbocycles. The Kier molecular flexibility index (Phi) is 7.66. The number of benzene rings is 2. The molecule has 0 radical (unpaired) electrons. The maximum atomic E-state index is 4.85. The minimum atomic E-state index is 0.500. The standard InChI is InChI=1S/C39H25N9/c1-3-11-26(12-4-1)36-46-37(27-13-5-2-6-14-27)48-38(47-36)28-17-18-33(42-23-28)39-43-24-30(25-44-39)29-21-34(31-15-7-9-19-40-31)45-35(22-29)32-16-8-10-20-41-32/h1-25H. The van der Waals surface area contributed by atoms with E-state index >= 15 is 0 Å². The lowest BCUT2D eigenvalue weighted by molar-refractivity contribution is 1.07. The van der Waals surface area contributed by atoms with Gasteiger partial charge in [0.05, 0.1) is 22.8 Å². The van der Waals surface area contributed by atoms with Crippen LogP contribution in [0.2, 0.25) is 0 Å². The van der Waals surface area contributed by atoms with Gasteiger partial charge in [-0.15, -0.1) is 0 Å². The van der Waals surface area contributed by atoms with Gasteiger partial charge in [-0.3, -0.25) is 15.0 Å². The molecular formula is C39H25N9. The number of pyridine rings is 4. The third kappa shape index (κ3) is 6.03. The Hall–Kier alpha value is -6.87. The average molecular weight is 620 g/mol. The summed E-state index contributed by atoms with van der Waals surface area (Å²) < 4.78 is 0. The van der Waals surface area contributed by atoms with Crippen LogP contribution in [-0.2, 0) is 0 Å². The van der Waals surface area contributed by atoms with Gasteiger partial charge in [-0.1, -0.05) is 72.8 Å². The van der Waals surface area contributed by atoms with Gasteiger partial charge < -0.3 is 0 Å². The SMILES string of the molecule is c1ccc(-c2nc(-c3ccccc3)nc(-c3ccc(-c4ncc(-c5cc(-c6ccccn6)nc(-c6ccccn6)c5)cn4)nc3)n2)cc1. The van der Waals surface area contributed by atoms with Crippen molar-refractivity contribution in [2.24, 2.45) is 0 Å². The number of hydrogen-bond acceptors (Lipinski definition) is 9. The van der Waals surface area contributed by atoms with E-state index in [1.165, 1.54) is 0 Å². The van der Waals surface area contributed by atoms with Crippen molar-refractivity contribution in [1.29, 1.82) is 0 Å². The van der Waals surface area contributed by atoms with E-state index in [9.17, 15) is 0 Å². The lowest BCUT2D eigenvalue weighted by atomic mass is 10.1. The molecule has 0 aliphatic carbocycles. The molecule has 0 saturated heterocycles. The molecule has 6 heterocycles. The van der Waals surface area contributed by atoms with Crippen LogP contribution >= 0.6 is 0 Å². The highest BCUT2D eigenvalue weighted by atomic mass is 15.0. The van der Waals surface area contributed by atoms with Gasteiger partial charge in [0, 0.05) is 53.2 Å². The first-order valence-corrected chi connectivity index (χ1v) is 15.3. The summed E-state index contributed by atoms with van der Waals surface area (Å²) in [5.41, 5.74) is 7.94. The second-order valence-electron chi connectivity index (χ2n) is 10.8. The fourth-order valence-corrected chi connectivity index (χ4v) is 5.19. The zero-order chi connectivity index (χ0) is 32.1. The summed E-state index contributed by atoms with van der Waals surface area (Å²) >= 11 is 0. The number of rotatable bonds is 7. The van der Waals surface area contributed by atoms with Crippen molar-refractivity contribution in [2.45, 2.75) is 0 Å². The summed E-state index contributed by atoms with van der Waals surface area (Å²) in [5.74, 6) is 2.22. The highest BCUT2D eigenvalue weighted by Gasteiger charge is 2.14. The lowest BCUT2D eigenvalue weighted by Gasteiger charge is -2.10. The molecule has 0 bridgehead atoms. The summed E-state index contributed by atoms with van der Waals surface area (Å²) in [6.45, 7) is 0. The lowest BCUT2D eigenvalue weighted by Crippen LogP contribution is -2.00.